The van der Waals surface area contributed by atoms with Crippen molar-refractivity contribution in [1.82, 2.24) is 24.9 Å². The molecule has 2 aromatic heterocycles. The van der Waals surface area contributed by atoms with E-state index in [0.29, 0.717) is 5.91 Å². The summed E-state index contributed by atoms with van der Waals surface area (Å²) in [5.41, 5.74) is 3.90. The van der Waals surface area contributed by atoms with Crippen molar-refractivity contribution in [3.8, 4) is 5.69 Å². The Labute approximate surface area is 189 Å². The van der Waals surface area contributed by atoms with Gasteiger partial charge in [-0.3, -0.25) is 4.79 Å². The highest BCUT2D eigenvalue weighted by Crippen LogP contribution is 2.32. The molecule has 0 saturated carbocycles. The average molecular weight is 433 g/mol. The average Bonchev–Trinajstić information content (AvgIpc) is 3.18. The monoisotopic (exact) mass is 432 g/mol. The van der Waals surface area contributed by atoms with Gasteiger partial charge in [-0.2, -0.15) is 10.2 Å². The zero-order valence-electron chi connectivity index (χ0n) is 19.3. The number of rotatable bonds is 3. The molecular formula is C25H32N6O. The van der Waals surface area contributed by atoms with E-state index in [0.717, 1.165) is 91.6 Å². The molecule has 2 aliphatic heterocycles. The van der Waals surface area contributed by atoms with Crippen LogP contribution in [0, 0.1) is 25.7 Å². The number of aryl methyl sites for hydroxylation is 2. The maximum Gasteiger partial charge on any atom is 0.225 e. The number of carbonyl (C=O) groups excluding carboxylic acids is 1. The molecule has 0 atom stereocenters. The predicted molar refractivity (Wildman–Crippen MR) is 126 cm³/mol. The third-order valence-electron chi connectivity index (χ3n) is 7.22. The number of piperidine rings is 2. The lowest BCUT2D eigenvalue weighted by atomic mass is 9.92. The van der Waals surface area contributed by atoms with Gasteiger partial charge in [0.15, 0.2) is 5.82 Å². The smallest absolute Gasteiger partial charge is 0.225 e. The summed E-state index contributed by atoms with van der Waals surface area (Å²) in [6.45, 7) is 9.82. The summed E-state index contributed by atoms with van der Waals surface area (Å²) in [6, 6.07) is 10.2. The number of aromatic nitrogens is 4. The van der Waals surface area contributed by atoms with Crippen LogP contribution in [0.2, 0.25) is 0 Å². The second kappa shape index (κ2) is 8.52. The van der Waals surface area contributed by atoms with E-state index in [1.54, 1.807) is 0 Å². The van der Waals surface area contributed by atoms with Gasteiger partial charge in [0.05, 0.1) is 22.5 Å². The molecule has 0 aliphatic carbocycles. The Morgan fingerprint density at radius 1 is 0.938 bits per heavy atom. The fourth-order valence-corrected chi connectivity index (χ4v) is 5.17. The number of fused-ring (bicyclic) bond motifs is 1. The first-order valence-electron chi connectivity index (χ1n) is 11.8. The minimum absolute atomic E-state index is 0.122. The summed E-state index contributed by atoms with van der Waals surface area (Å²) >= 11 is 0. The zero-order chi connectivity index (χ0) is 22.2. The second-order valence-corrected chi connectivity index (χ2v) is 9.43. The highest BCUT2D eigenvalue weighted by molar-refractivity contribution is 5.92. The predicted octanol–water partition coefficient (Wildman–Crippen LogP) is 3.91. The van der Waals surface area contributed by atoms with Gasteiger partial charge in [0.2, 0.25) is 5.91 Å². The van der Waals surface area contributed by atoms with Crippen molar-refractivity contribution < 1.29 is 4.79 Å². The molecule has 32 heavy (non-hydrogen) atoms. The van der Waals surface area contributed by atoms with Gasteiger partial charge in [-0.05, 0) is 57.6 Å². The topological polar surface area (TPSA) is 67.2 Å². The van der Waals surface area contributed by atoms with Crippen molar-refractivity contribution in [3.63, 3.8) is 0 Å². The van der Waals surface area contributed by atoms with E-state index < -0.39 is 0 Å². The lowest BCUT2D eigenvalue weighted by Gasteiger charge is -2.37. The van der Waals surface area contributed by atoms with Gasteiger partial charge in [0.25, 0.3) is 0 Å². The Hall–Kier alpha value is -2.96. The largest absolute Gasteiger partial charge is 0.353 e. The van der Waals surface area contributed by atoms with E-state index in [1.165, 1.54) is 0 Å². The molecule has 2 fully saturated rings. The highest BCUT2D eigenvalue weighted by atomic mass is 16.2. The quantitative estimate of drug-likeness (QED) is 0.628. The summed E-state index contributed by atoms with van der Waals surface area (Å²) in [6.07, 6.45) is 3.98. The molecule has 0 bridgehead atoms. The van der Waals surface area contributed by atoms with E-state index >= 15 is 0 Å². The standard InChI is InChI=1S/C25H32N6O/c1-17-9-13-30(14-10-17)25(32)20-11-15-29(16-12-20)24-23-22(18(2)26-27-24)19(3)31(28-23)21-7-5-4-6-8-21/h4-8,17,20H,9-16H2,1-3H3. The number of nitrogens with zero attached hydrogens (tertiary/aromatic N) is 6. The third kappa shape index (κ3) is 3.74. The number of carbonyl (C=O) groups is 1. The Bertz CT molecular complexity index is 1110. The van der Waals surface area contributed by atoms with E-state index in [-0.39, 0.29) is 5.92 Å². The molecule has 2 aliphatic rings. The van der Waals surface area contributed by atoms with E-state index in [4.69, 9.17) is 5.10 Å². The summed E-state index contributed by atoms with van der Waals surface area (Å²) in [4.78, 5) is 17.4. The molecule has 1 amide bonds. The normalized spacial score (nSPS) is 18.5. The van der Waals surface area contributed by atoms with Crippen LogP contribution in [-0.4, -0.2) is 57.0 Å². The van der Waals surface area contributed by atoms with Gasteiger partial charge < -0.3 is 9.80 Å². The van der Waals surface area contributed by atoms with E-state index in [2.05, 4.69) is 46.0 Å². The van der Waals surface area contributed by atoms with Crippen molar-refractivity contribution in [2.24, 2.45) is 11.8 Å². The van der Waals surface area contributed by atoms with Crippen molar-refractivity contribution in [2.45, 2.75) is 46.5 Å². The summed E-state index contributed by atoms with van der Waals surface area (Å²) in [5, 5.41) is 15.0. The Kier molecular flexibility index (Phi) is 5.57. The number of hydrogen-bond acceptors (Lipinski definition) is 5. The van der Waals surface area contributed by atoms with Crippen LogP contribution in [0.4, 0.5) is 5.82 Å². The minimum atomic E-state index is 0.122. The van der Waals surface area contributed by atoms with Crippen molar-refractivity contribution in [3.05, 3.63) is 41.7 Å². The Balaban J connectivity index is 1.37. The minimum Gasteiger partial charge on any atom is -0.353 e. The fourth-order valence-electron chi connectivity index (χ4n) is 5.17. The third-order valence-corrected chi connectivity index (χ3v) is 7.22. The van der Waals surface area contributed by atoms with Crippen LogP contribution in [0.3, 0.4) is 0 Å². The number of hydrogen-bond donors (Lipinski definition) is 0. The van der Waals surface area contributed by atoms with Crippen LogP contribution < -0.4 is 4.90 Å². The molecule has 7 nitrogen and oxygen atoms in total. The number of anilines is 1. The first kappa shape index (κ1) is 20.9. The number of benzene rings is 1. The molecule has 0 unspecified atom stereocenters. The van der Waals surface area contributed by atoms with Gasteiger partial charge in [-0.25, -0.2) is 4.68 Å². The van der Waals surface area contributed by atoms with Gasteiger partial charge >= 0.3 is 0 Å². The maximum absolute atomic E-state index is 13.0. The van der Waals surface area contributed by atoms with E-state index in [1.807, 2.05) is 29.8 Å². The molecule has 3 aromatic rings. The maximum atomic E-state index is 13.0. The summed E-state index contributed by atoms with van der Waals surface area (Å²) < 4.78 is 1.98. The zero-order valence-corrected chi connectivity index (χ0v) is 19.3. The molecule has 2 saturated heterocycles. The van der Waals surface area contributed by atoms with Gasteiger partial charge in [-0.15, -0.1) is 5.10 Å². The molecule has 0 radical (unpaired) electrons. The Morgan fingerprint density at radius 2 is 1.62 bits per heavy atom. The van der Waals surface area contributed by atoms with Gasteiger partial charge in [0, 0.05) is 32.1 Å². The van der Waals surface area contributed by atoms with Crippen LogP contribution in [0.1, 0.15) is 44.0 Å². The molecule has 5 rings (SSSR count). The molecule has 0 N–H and O–H groups in total. The summed E-state index contributed by atoms with van der Waals surface area (Å²) in [5.74, 6) is 2.04. The van der Waals surface area contributed by atoms with Crippen LogP contribution in [0.25, 0.3) is 16.6 Å². The molecule has 0 spiro atoms. The fraction of sp³-hybridized carbons (Fsp3) is 0.520. The number of amides is 1. The molecule has 168 valence electrons. The van der Waals surface area contributed by atoms with Crippen LogP contribution >= 0.6 is 0 Å². The lowest BCUT2D eigenvalue weighted by Crippen LogP contribution is -2.45. The van der Waals surface area contributed by atoms with Crippen LogP contribution in [-0.2, 0) is 4.79 Å². The molecular weight excluding hydrogens is 400 g/mol. The van der Waals surface area contributed by atoms with Crippen molar-refractivity contribution in [1.29, 1.82) is 0 Å². The Morgan fingerprint density at radius 3 is 2.31 bits per heavy atom. The summed E-state index contributed by atoms with van der Waals surface area (Å²) in [7, 11) is 0. The number of para-hydroxylation sites is 1. The van der Waals surface area contributed by atoms with Gasteiger partial charge in [-0.1, -0.05) is 25.1 Å². The van der Waals surface area contributed by atoms with Gasteiger partial charge in [0.1, 0.15) is 5.52 Å². The lowest BCUT2D eigenvalue weighted by molar-refractivity contribution is -0.137. The number of likely N-dealkylation sites (tertiary alicyclic amines) is 1. The van der Waals surface area contributed by atoms with Crippen molar-refractivity contribution >= 4 is 22.6 Å². The molecule has 7 heteroatoms. The molecule has 1 aromatic carbocycles. The first-order chi connectivity index (χ1) is 15.5. The molecule has 4 heterocycles. The van der Waals surface area contributed by atoms with Crippen LogP contribution in [0.15, 0.2) is 30.3 Å². The highest BCUT2D eigenvalue weighted by Gasteiger charge is 2.31. The first-order valence-corrected chi connectivity index (χ1v) is 11.8. The van der Waals surface area contributed by atoms with E-state index in [9.17, 15) is 4.79 Å². The van der Waals surface area contributed by atoms with Crippen LogP contribution in [0.5, 0.6) is 0 Å². The van der Waals surface area contributed by atoms with Crippen molar-refractivity contribution in [2.75, 3.05) is 31.1 Å². The second-order valence-electron chi connectivity index (χ2n) is 9.43. The SMILES string of the molecule is Cc1nnc(N2CCC(C(=O)N3CCC(C)CC3)CC2)c2nn(-c3ccccc3)c(C)c12.